The molecule has 2 aliphatic rings. The number of aromatic nitrogens is 2. The molecule has 4 N–H and O–H groups in total. The number of carbonyl (C=O) groups excluding carboxylic acids is 2. The summed E-state index contributed by atoms with van der Waals surface area (Å²) in [6.45, 7) is 3.51. The van der Waals surface area contributed by atoms with E-state index in [-0.39, 0.29) is 29.3 Å². The Morgan fingerprint density at radius 3 is 2.74 bits per heavy atom. The average Bonchev–Trinajstić information content (AvgIpc) is 3.38. The zero-order valence-corrected chi connectivity index (χ0v) is 25.0. The minimum Gasteiger partial charge on any atom is -0.384 e. The smallest absolute Gasteiger partial charge is 0.251 e. The summed E-state index contributed by atoms with van der Waals surface area (Å²) in [7, 11) is 3.88. The number of halogens is 1. The van der Waals surface area contributed by atoms with E-state index in [1.807, 2.05) is 31.1 Å². The molecule has 2 aromatic carbocycles. The monoisotopic (exact) mass is 587 g/mol. The van der Waals surface area contributed by atoms with Crippen LogP contribution in [-0.2, 0) is 4.79 Å². The number of benzene rings is 2. The van der Waals surface area contributed by atoms with Gasteiger partial charge in [-0.25, -0.2) is 9.97 Å². The molecular formula is C32H38ClN7O2. The number of nitrogens with one attached hydrogen (secondary N) is 4. The van der Waals surface area contributed by atoms with E-state index in [0.29, 0.717) is 28.8 Å². The van der Waals surface area contributed by atoms with Gasteiger partial charge in [-0.3, -0.25) is 9.59 Å². The molecule has 10 heteroatoms. The van der Waals surface area contributed by atoms with E-state index in [4.69, 9.17) is 16.6 Å². The largest absolute Gasteiger partial charge is 0.384 e. The Morgan fingerprint density at radius 2 is 1.95 bits per heavy atom. The summed E-state index contributed by atoms with van der Waals surface area (Å²) in [4.78, 5) is 36.6. The summed E-state index contributed by atoms with van der Waals surface area (Å²) in [5, 5.41) is 13.6. The van der Waals surface area contributed by atoms with Crippen molar-refractivity contribution in [2.75, 3.05) is 43.1 Å². The Balaban J connectivity index is 1.19. The lowest BCUT2D eigenvalue weighted by molar-refractivity contribution is -0.111. The highest BCUT2D eigenvalue weighted by Gasteiger charge is 2.34. The number of nitrogens with zero attached hydrogens (tertiary/aromatic N) is 3. The minimum absolute atomic E-state index is 0.0624. The van der Waals surface area contributed by atoms with Crippen LogP contribution < -0.4 is 21.3 Å². The van der Waals surface area contributed by atoms with Gasteiger partial charge in [0.05, 0.1) is 16.9 Å². The number of carbonyl (C=O) groups is 2. The van der Waals surface area contributed by atoms with Crippen LogP contribution in [0.3, 0.4) is 0 Å². The first-order valence-electron chi connectivity index (χ1n) is 14.4. The average molecular weight is 588 g/mol. The van der Waals surface area contributed by atoms with E-state index in [9.17, 15) is 9.59 Å². The highest BCUT2D eigenvalue weighted by atomic mass is 35.5. The fraction of sp³-hybridized carbons (Fsp3) is 0.375. The summed E-state index contributed by atoms with van der Waals surface area (Å²) >= 11 is 6.56. The normalized spacial score (nSPS) is 21.5. The summed E-state index contributed by atoms with van der Waals surface area (Å²) < 4.78 is 0. The molecule has 0 saturated heterocycles. The number of fused-ring (bicyclic) bond motifs is 1. The van der Waals surface area contributed by atoms with Crippen molar-refractivity contribution in [3.63, 3.8) is 0 Å². The van der Waals surface area contributed by atoms with Gasteiger partial charge in [0.1, 0.15) is 0 Å². The van der Waals surface area contributed by atoms with Gasteiger partial charge in [0.2, 0.25) is 11.9 Å². The van der Waals surface area contributed by atoms with Gasteiger partial charge in [-0.15, -0.1) is 0 Å². The van der Waals surface area contributed by atoms with Crippen LogP contribution >= 0.6 is 11.6 Å². The first-order chi connectivity index (χ1) is 20.2. The molecule has 42 heavy (non-hydrogen) atoms. The van der Waals surface area contributed by atoms with Gasteiger partial charge in [-0.05, 0) is 82.6 Å². The predicted octanol–water partition coefficient (Wildman–Crippen LogP) is 5.29. The van der Waals surface area contributed by atoms with Crippen LogP contribution in [0.5, 0.6) is 0 Å². The number of likely N-dealkylation sites (N-methyl/N-ethyl adjacent to an activating group) is 1. The highest BCUT2D eigenvalue weighted by molar-refractivity contribution is 6.31. The van der Waals surface area contributed by atoms with Gasteiger partial charge >= 0.3 is 0 Å². The van der Waals surface area contributed by atoms with Crippen LogP contribution in [0.25, 0.3) is 0 Å². The molecule has 3 atom stereocenters. The zero-order valence-electron chi connectivity index (χ0n) is 24.3. The predicted molar refractivity (Wildman–Crippen MR) is 168 cm³/mol. The molecule has 1 aliphatic carbocycles. The Labute approximate surface area is 252 Å². The molecule has 0 bridgehead atoms. The van der Waals surface area contributed by atoms with Crippen LogP contribution in [0, 0.1) is 0 Å². The van der Waals surface area contributed by atoms with E-state index in [2.05, 4.69) is 45.3 Å². The van der Waals surface area contributed by atoms with Crippen molar-refractivity contribution >= 4 is 40.7 Å². The maximum Gasteiger partial charge on any atom is 0.251 e. The third-order valence-corrected chi connectivity index (χ3v) is 8.11. The zero-order chi connectivity index (χ0) is 29.7. The highest BCUT2D eigenvalue weighted by Crippen LogP contribution is 2.38. The maximum absolute atomic E-state index is 13.2. The molecule has 1 fully saturated rings. The van der Waals surface area contributed by atoms with Crippen LogP contribution in [0.4, 0.5) is 17.3 Å². The first-order valence-corrected chi connectivity index (χ1v) is 14.7. The van der Waals surface area contributed by atoms with E-state index < -0.39 is 0 Å². The Kier molecular flexibility index (Phi) is 9.09. The van der Waals surface area contributed by atoms with Gasteiger partial charge in [0.25, 0.3) is 5.91 Å². The third kappa shape index (κ3) is 7.27. The molecule has 1 aliphatic heterocycles. The summed E-state index contributed by atoms with van der Waals surface area (Å²) in [5.41, 5.74) is 3.90. The van der Waals surface area contributed by atoms with E-state index in [0.717, 1.165) is 43.6 Å². The maximum atomic E-state index is 13.2. The molecule has 220 valence electrons. The Bertz CT molecular complexity index is 1460. The molecule has 9 nitrogen and oxygen atoms in total. The quantitative estimate of drug-likeness (QED) is 0.252. The Morgan fingerprint density at radius 1 is 1.17 bits per heavy atom. The number of amides is 2. The van der Waals surface area contributed by atoms with E-state index in [1.165, 1.54) is 11.6 Å². The number of anilines is 3. The van der Waals surface area contributed by atoms with E-state index in [1.54, 1.807) is 36.5 Å². The van der Waals surface area contributed by atoms with Gasteiger partial charge < -0.3 is 26.2 Å². The molecule has 1 unspecified atom stereocenters. The lowest BCUT2D eigenvalue weighted by Crippen LogP contribution is -2.51. The number of hydrogen-bond donors (Lipinski definition) is 4. The molecule has 2 amide bonds. The molecule has 2 heterocycles. The van der Waals surface area contributed by atoms with E-state index >= 15 is 0 Å². The summed E-state index contributed by atoms with van der Waals surface area (Å²) in [5.74, 6) is 0.268. The molecule has 1 saturated carbocycles. The van der Waals surface area contributed by atoms with Crippen LogP contribution in [-0.4, -0.2) is 65.4 Å². The van der Waals surface area contributed by atoms with Gasteiger partial charge in [-0.2, -0.15) is 0 Å². The fourth-order valence-corrected chi connectivity index (χ4v) is 5.96. The van der Waals surface area contributed by atoms with Gasteiger partial charge in [-0.1, -0.05) is 35.9 Å². The Hall–Kier alpha value is -3.95. The minimum atomic E-state index is -0.388. The van der Waals surface area contributed by atoms with Crippen molar-refractivity contribution in [1.29, 1.82) is 0 Å². The van der Waals surface area contributed by atoms with Gasteiger partial charge in [0.15, 0.2) is 0 Å². The summed E-state index contributed by atoms with van der Waals surface area (Å²) in [6.07, 6.45) is 8.51. The van der Waals surface area contributed by atoms with Crippen molar-refractivity contribution < 1.29 is 9.59 Å². The molecule has 5 rings (SSSR count). The van der Waals surface area contributed by atoms with Crippen molar-refractivity contribution in [2.45, 2.75) is 50.1 Å². The molecule has 1 aromatic heterocycles. The second-order valence-electron chi connectivity index (χ2n) is 11.6. The van der Waals surface area contributed by atoms with Crippen molar-refractivity contribution in [3.8, 4) is 0 Å². The van der Waals surface area contributed by atoms with Crippen LogP contribution in [0.15, 0.2) is 66.9 Å². The standard InChI is InChI=1S/C32H38ClN7O2/c1-32(39-30(42)21-12-14-22(15-13-21)36-28(41)11-7-17-40(2)3)16-6-8-23(18-32)37-31-35-20-26(33)29(38-31)25-19-34-27-10-5-4-9-24(25)27/h4-5,7,9-15,20,23,25,34H,6,8,16-19H2,1-3H3,(H,36,41)(H,39,42)(H,35,37,38)/b11-7+/t23-,25?,32+/m0/s1. The molecular weight excluding hydrogens is 550 g/mol. The second kappa shape index (κ2) is 12.9. The third-order valence-electron chi connectivity index (χ3n) is 7.82. The lowest BCUT2D eigenvalue weighted by Gasteiger charge is -2.39. The number of hydrogen-bond acceptors (Lipinski definition) is 7. The van der Waals surface area contributed by atoms with Crippen molar-refractivity contribution in [2.24, 2.45) is 0 Å². The fourth-order valence-electron chi connectivity index (χ4n) is 5.73. The molecule has 0 radical (unpaired) electrons. The topological polar surface area (TPSA) is 111 Å². The number of para-hydroxylation sites is 1. The van der Waals surface area contributed by atoms with Crippen molar-refractivity contribution in [1.82, 2.24) is 20.2 Å². The van der Waals surface area contributed by atoms with Gasteiger partial charge in [0, 0.05) is 53.6 Å². The molecule has 0 spiro atoms. The second-order valence-corrected chi connectivity index (χ2v) is 12.0. The SMILES string of the molecule is CN(C)C/C=C/C(=O)Nc1ccc(C(=O)N[C@]2(C)CCC[C@H](Nc3ncc(Cl)c(C4CNc5ccccc54)n3)C2)cc1. The van der Waals surface area contributed by atoms with Crippen LogP contribution in [0.1, 0.15) is 60.1 Å². The molecule has 3 aromatic rings. The van der Waals surface area contributed by atoms with Crippen molar-refractivity contribution in [3.05, 3.63) is 88.7 Å². The number of rotatable bonds is 9. The van der Waals surface area contributed by atoms with Crippen LogP contribution in [0.2, 0.25) is 5.02 Å². The lowest BCUT2D eigenvalue weighted by atomic mass is 9.80. The summed E-state index contributed by atoms with van der Waals surface area (Å²) in [6, 6.07) is 15.3. The first kappa shape index (κ1) is 29.5.